The van der Waals surface area contributed by atoms with Gasteiger partial charge < -0.3 is 25.0 Å². The van der Waals surface area contributed by atoms with E-state index in [1.54, 1.807) is 0 Å². The lowest BCUT2D eigenvalue weighted by Crippen LogP contribution is -2.51. The number of halogens is 1. The summed E-state index contributed by atoms with van der Waals surface area (Å²) in [6, 6.07) is 5.95. The largest absolute Gasteiger partial charge is 0.454 e. The molecule has 0 aromatic heterocycles. The molecule has 1 atom stereocenters. The number of aliphatic imine (C=N–C) groups is 1. The summed E-state index contributed by atoms with van der Waals surface area (Å²) >= 11 is 0. The predicted molar refractivity (Wildman–Crippen MR) is 114 cm³/mol. The van der Waals surface area contributed by atoms with Crippen molar-refractivity contribution in [3.8, 4) is 11.5 Å². The van der Waals surface area contributed by atoms with Crippen LogP contribution in [0.15, 0.2) is 23.2 Å². The van der Waals surface area contributed by atoms with Crippen molar-refractivity contribution in [3.05, 3.63) is 23.8 Å². The quantitative estimate of drug-likeness (QED) is 0.389. The van der Waals surface area contributed by atoms with Crippen LogP contribution in [0.5, 0.6) is 11.5 Å². The average Bonchev–Trinajstić information content (AvgIpc) is 3.25. The maximum atomic E-state index is 11.7. The van der Waals surface area contributed by atoms with E-state index in [1.807, 2.05) is 18.2 Å². The fourth-order valence-electron chi connectivity index (χ4n) is 4.06. The molecule has 8 heteroatoms. The van der Waals surface area contributed by atoms with Gasteiger partial charge >= 0.3 is 0 Å². The van der Waals surface area contributed by atoms with Crippen LogP contribution in [-0.2, 0) is 11.3 Å². The maximum Gasteiger partial charge on any atom is 0.231 e. The molecule has 0 saturated carbocycles. The number of ether oxygens (including phenoxy) is 2. The summed E-state index contributed by atoms with van der Waals surface area (Å²) in [5, 5.41) is 6.41. The minimum absolute atomic E-state index is 0. The summed E-state index contributed by atoms with van der Waals surface area (Å²) < 4.78 is 10.8. The molecule has 2 N–H and O–H groups in total. The highest BCUT2D eigenvalue weighted by atomic mass is 127. The Labute approximate surface area is 176 Å². The Bertz CT molecular complexity index is 727. The number of amides is 1. The summed E-state index contributed by atoms with van der Waals surface area (Å²) in [4.78, 5) is 18.9. The molecule has 1 aromatic rings. The lowest BCUT2D eigenvalue weighted by molar-refractivity contribution is -0.119. The molecule has 0 aliphatic carbocycles. The van der Waals surface area contributed by atoms with Gasteiger partial charge in [-0.05, 0) is 37.5 Å². The second-order valence-electron chi connectivity index (χ2n) is 7.34. The van der Waals surface area contributed by atoms with Gasteiger partial charge in [0.25, 0.3) is 0 Å². The normalized spacial score (nSPS) is 24.0. The van der Waals surface area contributed by atoms with E-state index < -0.39 is 0 Å². The van der Waals surface area contributed by atoms with Crippen LogP contribution < -0.4 is 20.1 Å². The van der Waals surface area contributed by atoms with Crippen LogP contribution in [0.25, 0.3) is 0 Å². The molecule has 0 bridgehead atoms. The summed E-state index contributed by atoms with van der Waals surface area (Å²) in [7, 11) is 0. The van der Waals surface area contributed by atoms with Crippen molar-refractivity contribution in [2.45, 2.75) is 32.7 Å². The van der Waals surface area contributed by atoms with E-state index in [1.165, 1.54) is 0 Å². The smallest absolute Gasteiger partial charge is 0.231 e. The summed E-state index contributed by atoms with van der Waals surface area (Å²) in [6.07, 6.45) is 2.82. The number of piperidine rings is 1. The van der Waals surface area contributed by atoms with Gasteiger partial charge in [-0.3, -0.25) is 4.79 Å². The molecule has 3 aliphatic heterocycles. The van der Waals surface area contributed by atoms with E-state index in [0.717, 1.165) is 62.0 Å². The molecule has 2 fully saturated rings. The number of nitrogens with one attached hydrogen (secondary N) is 2. The molecule has 27 heavy (non-hydrogen) atoms. The van der Waals surface area contributed by atoms with E-state index in [4.69, 9.17) is 14.5 Å². The minimum atomic E-state index is 0. The van der Waals surface area contributed by atoms with Gasteiger partial charge in [-0.15, -0.1) is 24.0 Å². The molecular formula is C19H27IN4O3. The van der Waals surface area contributed by atoms with Crippen LogP contribution in [0.2, 0.25) is 0 Å². The van der Waals surface area contributed by atoms with Crippen molar-refractivity contribution >= 4 is 35.8 Å². The number of nitrogens with zero attached hydrogens (tertiary/aromatic N) is 2. The fourth-order valence-corrected chi connectivity index (χ4v) is 4.06. The Morgan fingerprint density at radius 2 is 2.22 bits per heavy atom. The summed E-state index contributed by atoms with van der Waals surface area (Å²) in [5.41, 5.74) is 1.15. The van der Waals surface area contributed by atoms with Gasteiger partial charge in [0.05, 0.1) is 6.54 Å². The average molecular weight is 486 g/mol. The monoisotopic (exact) mass is 486 g/mol. The van der Waals surface area contributed by atoms with Gasteiger partial charge in [0.15, 0.2) is 17.5 Å². The molecule has 0 radical (unpaired) electrons. The third-order valence-electron chi connectivity index (χ3n) is 5.34. The van der Waals surface area contributed by atoms with Gasteiger partial charge in [0.2, 0.25) is 12.7 Å². The van der Waals surface area contributed by atoms with E-state index in [2.05, 4.69) is 22.5 Å². The second-order valence-corrected chi connectivity index (χ2v) is 7.34. The number of guanidine groups is 1. The van der Waals surface area contributed by atoms with Crippen molar-refractivity contribution in [1.82, 2.24) is 15.5 Å². The molecule has 1 aromatic carbocycles. The number of fused-ring (bicyclic) bond motifs is 1. The third kappa shape index (κ3) is 4.41. The van der Waals surface area contributed by atoms with E-state index in [-0.39, 0.29) is 42.1 Å². The van der Waals surface area contributed by atoms with Crippen LogP contribution in [0, 0.1) is 5.41 Å². The molecule has 1 unspecified atom stereocenters. The fraction of sp³-hybridized carbons (Fsp3) is 0.579. The zero-order valence-corrected chi connectivity index (χ0v) is 18.0. The third-order valence-corrected chi connectivity index (χ3v) is 5.34. The van der Waals surface area contributed by atoms with Gasteiger partial charge in [-0.2, -0.15) is 0 Å². The number of likely N-dealkylation sites (tertiary alicyclic amines) is 1. The SMILES string of the molecule is CCNC(=NCc1ccc2c(c1)OCO2)N1CCCC2(CNC(=O)C2)C1.I. The molecular weight excluding hydrogens is 459 g/mol. The van der Waals surface area contributed by atoms with Crippen molar-refractivity contribution in [1.29, 1.82) is 0 Å². The summed E-state index contributed by atoms with van der Waals surface area (Å²) in [6.45, 7) is 6.40. The number of carbonyl (C=O) groups is 1. The Balaban J connectivity index is 0.00000210. The van der Waals surface area contributed by atoms with Crippen molar-refractivity contribution < 1.29 is 14.3 Å². The molecule has 7 nitrogen and oxygen atoms in total. The van der Waals surface area contributed by atoms with Gasteiger partial charge in [-0.25, -0.2) is 4.99 Å². The van der Waals surface area contributed by atoms with Crippen molar-refractivity contribution in [3.63, 3.8) is 0 Å². The number of rotatable bonds is 3. The number of carbonyl (C=O) groups excluding carboxylic acids is 1. The predicted octanol–water partition coefficient (Wildman–Crippen LogP) is 2.10. The first-order chi connectivity index (χ1) is 12.7. The number of hydrogen-bond acceptors (Lipinski definition) is 4. The van der Waals surface area contributed by atoms with Crippen LogP contribution in [0.1, 0.15) is 31.7 Å². The molecule has 3 heterocycles. The first-order valence-electron chi connectivity index (χ1n) is 9.36. The maximum absolute atomic E-state index is 11.7. The van der Waals surface area contributed by atoms with Gasteiger partial charge in [0.1, 0.15) is 0 Å². The summed E-state index contributed by atoms with van der Waals surface area (Å²) in [5.74, 6) is 2.67. The molecule has 4 rings (SSSR count). The van der Waals surface area contributed by atoms with Crippen molar-refractivity contribution in [2.75, 3.05) is 33.0 Å². The minimum Gasteiger partial charge on any atom is -0.454 e. The Kier molecular flexibility index (Phi) is 6.33. The standard InChI is InChI=1S/C19H26N4O3.HI/c1-2-20-18(21-10-14-4-5-15-16(8-14)26-13-25-15)23-7-3-6-19(12-23)9-17(24)22-11-19;/h4-5,8H,2-3,6-7,9-13H2,1H3,(H,20,21)(H,22,24);1H. The Morgan fingerprint density at radius 3 is 3.00 bits per heavy atom. The number of benzene rings is 1. The molecule has 1 amide bonds. The topological polar surface area (TPSA) is 75.2 Å². The lowest BCUT2D eigenvalue weighted by Gasteiger charge is -2.40. The molecule has 3 aliphatic rings. The van der Waals surface area contributed by atoms with E-state index in [9.17, 15) is 4.79 Å². The first kappa shape index (κ1) is 20.0. The van der Waals surface area contributed by atoms with E-state index >= 15 is 0 Å². The highest BCUT2D eigenvalue weighted by Crippen LogP contribution is 2.36. The molecule has 148 valence electrons. The highest BCUT2D eigenvalue weighted by Gasteiger charge is 2.42. The van der Waals surface area contributed by atoms with Gasteiger partial charge in [0, 0.05) is 38.0 Å². The van der Waals surface area contributed by atoms with Crippen LogP contribution >= 0.6 is 24.0 Å². The highest BCUT2D eigenvalue weighted by molar-refractivity contribution is 14.0. The zero-order valence-electron chi connectivity index (χ0n) is 15.6. The zero-order chi connectivity index (χ0) is 18.0. The van der Waals surface area contributed by atoms with Crippen LogP contribution in [0.4, 0.5) is 0 Å². The Morgan fingerprint density at radius 1 is 1.37 bits per heavy atom. The Hall–Kier alpha value is -1.71. The van der Waals surface area contributed by atoms with Crippen LogP contribution in [-0.4, -0.2) is 49.7 Å². The molecule has 1 spiro atoms. The first-order valence-corrected chi connectivity index (χ1v) is 9.36. The second kappa shape index (κ2) is 8.53. The van der Waals surface area contributed by atoms with Crippen molar-refractivity contribution in [2.24, 2.45) is 10.4 Å². The van der Waals surface area contributed by atoms with Crippen LogP contribution in [0.3, 0.4) is 0 Å². The number of hydrogen-bond donors (Lipinski definition) is 2. The molecule has 2 saturated heterocycles. The lowest BCUT2D eigenvalue weighted by atomic mass is 9.79. The van der Waals surface area contributed by atoms with Gasteiger partial charge in [-0.1, -0.05) is 6.07 Å². The van der Waals surface area contributed by atoms with E-state index in [0.29, 0.717) is 13.0 Å².